The first kappa shape index (κ1) is 22.0. The molecule has 0 amide bonds. The van der Waals surface area contributed by atoms with E-state index in [-0.39, 0.29) is 5.56 Å². The fourth-order valence-electron chi connectivity index (χ4n) is 3.64. The number of alkyl halides is 3. The molecule has 0 bridgehead atoms. The second-order valence-electron chi connectivity index (χ2n) is 8.09. The van der Waals surface area contributed by atoms with Gasteiger partial charge >= 0.3 is 6.36 Å². The van der Waals surface area contributed by atoms with Crippen LogP contribution in [0.4, 0.5) is 17.6 Å². The Morgan fingerprint density at radius 1 is 0.867 bits per heavy atom. The fourth-order valence-corrected chi connectivity index (χ4v) is 3.64. The quantitative estimate of drug-likeness (QED) is 0.502. The van der Waals surface area contributed by atoms with Crippen LogP contribution in [0, 0.1) is 5.82 Å². The largest absolute Gasteiger partial charge is 0.573 e. The van der Waals surface area contributed by atoms with Crippen molar-refractivity contribution in [3.8, 4) is 16.9 Å². The molecule has 1 aliphatic rings. The molecule has 1 fully saturated rings. The van der Waals surface area contributed by atoms with E-state index in [0.717, 1.165) is 6.07 Å². The first-order valence-electron chi connectivity index (χ1n) is 9.16. The van der Waals surface area contributed by atoms with Crippen LogP contribution in [0.2, 0.25) is 0 Å². The Balaban J connectivity index is 2.16. The van der Waals surface area contributed by atoms with E-state index in [9.17, 15) is 27.2 Å². The van der Waals surface area contributed by atoms with Gasteiger partial charge in [0, 0.05) is 5.56 Å². The number of ketones is 2. The van der Waals surface area contributed by atoms with Gasteiger partial charge < -0.3 is 9.47 Å². The first-order chi connectivity index (χ1) is 13.7. The molecule has 0 radical (unpaired) electrons. The summed E-state index contributed by atoms with van der Waals surface area (Å²) in [7, 11) is 0. The minimum Gasteiger partial charge on any atom is -0.405 e. The minimum atomic E-state index is -5.04. The van der Waals surface area contributed by atoms with E-state index in [1.165, 1.54) is 64.1 Å². The second-order valence-corrected chi connectivity index (χ2v) is 8.09. The summed E-state index contributed by atoms with van der Waals surface area (Å²) in [4.78, 5) is 25.9. The van der Waals surface area contributed by atoms with Crippen molar-refractivity contribution < 1.29 is 36.6 Å². The third kappa shape index (κ3) is 4.23. The van der Waals surface area contributed by atoms with Gasteiger partial charge in [0.05, 0.1) is 0 Å². The average molecular weight is 424 g/mol. The van der Waals surface area contributed by atoms with Crippen molar-refractivity contribution in [1.82, 2.24) is 0 Å². The van der Waals surface area contributed by atoms with Crippen molar-refractivity contribution in [2.45, 2.75) is 51.2 Å². The zero-order chi connectivity index (χ0) is 22.5. The topological polar surface area (TPSA) is 52.6 Å². The van der Waals surface area contributed by atoms with Crippen LogP contribution >= 0.6 is 0 Å². The molecule has 1 heterocycles. The number of halogens is 4. The highest BCUT2D eigenvalue weighted by molar-refractivity contribution is 6.15. The highest BCUT2D eigenvalue weighted by Crippen LogP contribution is 2.43. The Bertz CT molecular complexity index is 965. The van der Waals surface area contributed by atoms with Crippen LogP contribution in [0.5, 0.6) is 5.75 Å². The molecule has 1 saturated heterocycles. The predicted octanol–water partition coefficient (Wildman–Crippen LogP) is 5.20. The van der Waals surface area contributed by atoms with Gasteiger partial charge in [0.2, 0.25) is 0 Å². The lowest BCUT2D eigenvalue weighted by Gasteiger charge is -2.42. The third-order valence-corrected chi connectivity index (χ3v) is 4.95. The van der Waals surface area contributed by atoms with E-state index >= 15 is 0 Å². The van der Waals surface area contributed by atoms with Gasteiger partial charge in [0.25, 0.3) is 0 Å². The summed E-state index contributed by atoms with van der Waals surface area (Å²) in [5.74, 6) is -3.96. The zero-order valence-corrected chi connectivity index (χ0v) is 16.8. The van der Waals surface area contributed by atoms with Crippen LogP contribution in [0.3, 0.4) is 0 Å². The molecule has 3 rings (SSSR count). The molecule has 8 heteroatoms. The van der Waals surface area contributed by atoms with E-state index in [2.05, 4.69) is 4.74 Å². The number of hydrogen-bond donors (Lipinski definition) is 0. The number of benzene rings is 2. The first-order valence-corrected chi connectivity index (χ1v) is 9.16. The zero-order valence-electron chi connectivity index (χ0n) is 16.8. The van der Waals surface area contributed by atoms with Crippen LogP contribution in [0.1, 0.15) is 39.2 Å². The molecular weight excluding hydrogens is 404 g/mol. The lowest BCUT2D eigenvalue weighted by molar-refractivity contribution is -0.275. The Morgan fingerprint density at radius 3 is 1.87 bits per heavy atom. The summed E-state index contributed by atoms with van der Waals surface area (Å²) in [6.45, 7) is 5.86. The summed E-state index contributed by atoms with van der Waals surface area (Å²) in [6.07, 6.45) is -5.04. The number of carbonyl (C=O) groups is 2. The molecule has 0 aliphatic carbocycles. The SMILES string of the molecule is CC1(C)OC(C)(C)C(=O)C(c2ccc(-c3ccc(F)cc3)cc2OC(F)(F)F)C1=O. The minimum absolute atomic E-state index is 0.197. The van der Waals surface area contributed by atoms with Gasteiger partial charge in [0.1, 0.15) is 28.7 Å². The maximum Gasteiger partial charge on any atom is 0.573 e. The fraction of sp³-hybridized carbons (Fsp3) is 0.364. The van der Waals surface area contributed by atoms with Crippen LogP contribution < -0.4 is 4.74 Å². The van der Waals surface area contributed by atoms with Crippen LogP contribution in [0.25, 0.3) is 11.1 Å². The molecule has 160 valence electrons. The van der Waals surface area contributed by atoms with Crippen LogP contribution in [-0.4, -0.2) is 29.1 Å². The molecule has 2 aromatic rings. The van der Waals surface area contributed by atoms with Gasteiger partial charge in [-0.15, -0.1) is 13.2 Å². The van der Waals surface area contributed by atoms with Crippen molar-refractivity contribution in [3.05, 3.63) is 53.8 Å². The van der Waals surface area contributed by atoms with E-state index in [0.29, 0.717) is 11.1 Å². The molecule has 1 aliphatic heterocycles. The molecule has 0 spiro atoms. The number of ether oxygens (including phenoxy) is 2. The molecular formula is C22H20F4O4. The summed E-state index contributed by atoms with van der Waals surface area (Å²) in [5, 5.41) is 0. The van der Waals surface area contributed by atoms with Crippen molar-refractivity contribution in [3.63, 3.8) is 0 Å². The van der Waals surface area contributed by atoms with E-state index in [1.54, 1.807) is 0 Å². The van der Waals surface area contributed by atoms with Crippen LogP contribution in [0.15, 0.2) is 42.5 Å². The Labute approximate surface area is 170 Å². The standard InChI is InChI=1S/C22H20F4O4/c1-20(2)18(27)17(19(28)21(3,4)30-20)15-10-7-13(11-16(15)29-22(24,25)26)12-5-8-14(23)9-6-12/h5-11,17H,1-4H3. The Morgan fingerprint density at radius 2 is 1.37 bits per heavy atom. The number of carbonyl (C=O) groups excluding carboxylic acids is 2. The van der Waals surface area contributed by atoms with Crippen molar-refractivity contribution in [2.24, 2.45) is 0 Å². The molecule has 0 atom stereocenters. The third-order valence-electron chi connectivity index (χ3n) is 4.95. The van der Waals surface area contributed by atoms with Crippen molar-refractivity contribution in [2.75, 3.05) is 0 Å². The second kappa shape index (κ2) is 7.19. The number of hydrogen-bond acceptors (Lipinski definition) is 4. The van der Waals surface area contributed by atoms with Crippen molar-refractivity contribution >= 4 is 11.6 Å². The molecule has 30 heavy (non-hydrogen) atoms. The van der Waals surface area contributed by atoms with E-state index in [1.807, 2.05) is 0 Å². The highest BCUT2D eigenvalue weighted by atomic mass is 19.4. The molecule has 0 N–H and O–H groups in total. The summed E-state index contributed by atoms with van der Waals surface area (Å²) >= 11 is 0. The van der Waals surface area contributed by atoms with Gasteiger partial charge in [-0.05, 0) is 57.0 Å². The summed E-state index contributed by atoms with van der Waals surface area (Å²) < 4.78 is 62.3. The Kier molecular flexibility index (Phi) is 5.27. The highest BCUT2D eigenvalue weighted by Gasteiger charge is 2.54. The predicted molar refractivity (Wildman–Crippen MR) is 101 cm³/mol. The van der Waals surface area contributed by atoms with Gasteiger partial charge in [-0.3, -0.25) is 9.59 Å². The van der Waals surface area contributed by atoms with Gasteiger partial charge in [0.15, 0.2) is 11.6 Å². The van der Waals surface area contributed by atoms with E-state index in [4.69, 9.17) is 4.74 Å². The lowest BCUT2D eigenvalue weighted by atomic mass is 9.74. The molecule has 2 aromatic carbocycles. The van der Waals surface area contributed by atoms with Crippen LogP contribution in [-0.2, 0) is 14.3 Å². The van der Waals surface area contributed by atoms with Gasteiger partial charge in [-0.25, -0.2) is 4.39 Å². The van der Waals surface area contributed by atoms with Crippen molar-refractivity contribution in [1.29, 1.82) is 0 Å². The lowest BCUT2D eigenvalue weighted by Crippen LogP contribution is -2.57. The number of Topliss-reactive ketones (excluding diaryl/α,β-unsaturated/α-hetero) is 2. The van der Waals surface area contributed by atoms with E-state index < -0.39 is 46.6 Å². The summed E-state index contributed by atoms with van der Waals surface area (Å²) in [6, 6.07) is 8.96. The van der Waals surface area contributed by atoms with Gasteiger partial charge in [-0.2, -0.15) is 0 Å². The summed E-state index contributed by atoms with van der Waals surface area (Å²) in [5.41, 5.74) is -2.21. The maximum atomic E-state index is 13.2. The average Bonchev–Trinajstić information content (AvgIpc) is 2.60. The molecule has 0 unspecified atom stereocenters. The molecule has 0 saturated carbocycles. The Hall–Kier alpha value is -2.74. The smallest absolute Gasteiger partial charge is 0.405 e. The monoisotopic (exact) mass is 424 g/mol. The normalized spacial score (nSPS) is 19.1. The molecule has 0 aromatic heterocycles. The number of rotatable bonds is 3. The maximum absolute atomic E-state index is 13.2. The van der Waals surface area contributed by atoms with Gasteiger partial charge in [-0.1, -0.05) is 24.3 Å². The molecule has 4 nitrogen and oxygen atoms in total.